The van der Waals surface area contributed by atoms with Crippen molar-refractivity contribution in [2.45, 2.75) is 19.3 Å². The molecule has 0 saturated carbocycles. The number of aromatic nitrogens is 3. The molecule has 0 bridgehead atoms. The molecule has 1 fully saturated rings. The molecule has 0 radical (unpaired) electrons. The number of ether oxygens (including phenoxy) is 2. The molecule has 4 rings (SSSR count). The molecule has 1 aromatic carbocycles. The Hall–Kier alpha value is -3.55. The summed E-state index contributed by atoms with van der Waals surface area (Å²) in [6.45, 7) is 2.49. The first-order valence-corrected chi connectivity index (χ1v) is 10.5. The van der Waals surface area contributed by atoms with Gasteiger partial charge < -0.3 is 19.2 Å². The van der Waals surface area contributed by atoms with E-state index in [1.807, 2.05) is 42.5 Å². The van der Waals surface area contributed by atoms with E-state index in [0.717, 1.165) is 30.6 Å². The summed E-state index contributed by atoms with van der Waals surface area (Å²) in [6.07, 6.45) is 9.09. The molecule has 0 aliphatic carbocycles. The second-order valence-electron chi connectivity index (χ2n) is 7.43. The fourth-order valence-corrected chi connectivity index (χ4v) is 3.41. The fourth-order valence-electron chi connectivity index (χ4n) is 3.41. The molecule has 0 N–H and O–H groups in total. The Labute approximate surface area is 181 Å². The van der Waals surface area contributed by atoms with Crippen LogP contribution in [0.25, 0.3) is 0 Å². The van der Waals surface area contributed by atoms with E-state index in [-0.39, 0.29) is 6.09 Å². The maximum absolute atomic E-state index is 12.5. The van der Waals surface area contributed by atoms with Gasteiger partial charge in [-0.1, -0.05) is 12.1 Å². The molecule has 162 valence electrons. The zero-order valence-corrected chi connectivity index (χ0v) is 17.3. The lowest BCUT2D eigenvalue weighted by Crippen LogP contribution is -2.41. The Morgan fingerprint density at radius 1 is 1.00 bits per heavy atom. The minimum Gasteiger partial charge on any atom is -0.493 e. The van der Waals surface area contributed by atoms with Crippen molar-refractivity contribution in [1.29, 1.82) is 0 Å². The van der Waals surface area contributed by atoms with Crippen LogP contribution in [0.3, 0.4) is 0 Å². The summed E-state index contributed by atoms with van der Waals surface area (Å²) in [5.41, 5.74) is 1.12. The summed E-state index contributed by atoms with van der Waals surface area (Å²) in [5.74, 6) is 1.76. The van der Waals surface area contributed by atoms with Crippen LogP contribution in [-0.4, -0.2) is 52.2 Å². The van der Waals surface area contributed by atoms with Crippen molar-refractivity contribution in [3.8, 4) is 11.5 Å². The predicted octanol–water partition coefficient (Wildman–Crippen LogP) is 3.24. The van der Waals surface area contributed by atoms with Crippen LogP contribution >= 0.6 is 0 Å². The average molecular weight is 422 g/mol. The smallest absolute Gasteiger partial charge is 0.415 e. The number of likely N-dealkylation sites (tertiary alicyclic amines) is 1. The Morgan fingerprint density at radius 2 is 1.77 bits per heavy atom. The van der Waals surface area contributed by atoms with Crippen LogP contribution < -0.4 is 14.3 Å². The van der Waals surface area contributed by atoms with E-state index in [0.29, 0.717) is 38.0 Å². The van der Waals surface area contributed by atoms with Gasteiger partial charge in [0.25, 0.3) is 0 Å². The molecule has 3 aromatic rings. The lowest BCUT2D eigenvalue weighted by atomic mass is 9.98. The first kappa shape index (κ1) is 20.7. The van der Waals surface area contributed by atoms with Crippen molar-refractivity contribution < 1.29 is 19.1 Å². The number of amides is 1. The van der Waals surface area contributed by atoms with Crippen LogP contribution in [0.4, 0.5) is 4.79 Å². The fraction of sp³-hybridized carbons (Fsp3) is 0.348. The van der Waals surface area contributed by atoms with Gasteiger partial charge in [-0.2, -0.15) is 0 Å². The lowest BCUT2D eigenvalue weighted by Gasteiger charge is -2.30. The third kappa shape index (κ3) is 6.21. The number of nitrogens with zero attached hydrogens (tertiary/aromatic N) is 4. The number of pyridine rings is 1. The van der Waals surface area contributed by atoms with Gasteiger partial charge in [0.2, 0.25) is 0 Å². The van der Waals surface area contributed by atoms with Crippen LogP contribution in [-0.2, 0) is 6.42 Å². The molecule has 1 amide bonds. The maximum Gasteiger partial charge on any atom is 0.415 e. The molecule has 31 heavy (non-hydrogen) atoms. The number of carbonyl (C=O) groups is 1. The highest BCUT2D eigenvalue weighted by atomic mass is 16.7. The van der Waals surface area contributed by atoms with Crippen LogP contribution in [0.15, 0.2) is 67.3 Å². The SMILES string of the molecule is O=C(Oc1ccc(CCOc2ccncc2)cc1)N1CCC(COn2cccn2)CC1. The monoisotopic (exact) mass is 422 g/mol. The predicted molar refractivity (Wildman–Crippen MR) is 114 cm³/mol. The van der Waals surface area contributed by atoms with Crippen molar-refractivity contribution in [3.05, 3.63) is 72.8 Å². The van der Waals surface area contributed by atoms with E-state index in [1.54, 1.807) is 29.7 Å². The average Bonchev–Trinajstić information content (AvgIpc) is 3.34. The summed E-state index contributed by atoms with van der Waals surface area (Å²) in [4.78, 5) is 25.3. The highest BCUT2D eigenvalue weighted by Crippen LogP contribution is 2.20. The molecule has 2 aromatic heterocycles. The summed E-state index contributed by atoms with van der Waals surface area (Å²) in [7, 11) is 0. The Morgan fingerprint density at radius 3 is 2.48 bits per heavy atom. The van der Waals surface area contributed by atoms with Gasteiger partial charge in [0.05, 0.1) is 19.0 Å². The maximum atomic E-state index is 12.5. The lowest BCUT2D eigenvalue weighted by molar-refractivity contribution is 0.0366. The standard InChI is InChI=1S/C23H26N4O4/c28-23(26-15-8-20(9-16-26)18-30-27-14-1-11-25-27)31-22-4-2-19(3-5-22)10-17-29-21-6-12-24-13-7-21/h1-7,11-14,20H,8-10,15-18H2. The highest BCUT2D eigenvalue weighted by molar-refractivity contribution is 5.70. The zero-order chi connectivity index (χ0) is 21.3. The Balaban J connectivity index is 1.16. The van der Waals surface area contributed by atoms with E-state index >= 15 is 0 Å². The molecule has 3 heterocycles. The number of benzene rings is 1. The van der Waals surface area contributed by atoms with E-state index in [1.165, 1.54) is 4.85 Å². The Kier molecular flexibility index (Phi) is 7.00. The molecular formula is C23H26N4O4. The summed E-state index contributed by atoms with van der Waals surface area (Å²) in [6, 6.07) is 13.0. The van der Waals surface area contributed by atoms with Crippen LogP contribution in [0, 0.1) is 5.92 Å². The van der Waals surface area contributed by atoms with Gasteiger partial charge in [0.15, 0.2) is 0 Å². The molecule has 0 unspecified atom stereocenters. The third-order valence-corrected chi connectivity index (χ3v) is 5.23. The van der Waals surface area contributed by atoms with E-state index < -0.39 is 0 Å². The minimum absolute atomic E-state index is 0.305. The molecule has 8 nitrogen and oxygen atoms in total. The second kappa shape index (κ2) is 10.5. The summed E-state index contributed by atoms with van der Waals surface area (Å²) in [5, 5.41) is 4.03. The molecule has 0 spiro atoms. The van der Waals surface area contributed by atoms with Crippen molar-refractivity contribution in [1.82, 2.24) is 19.8 Å². The van der Waals surface area contributed by atoms with Crippen molar-refractivity contribution in [2.75, 3.05) is 26.3 Å². The van der Waals surface area contributed by atoms with Gasteiger partial charge in [-0.25, -0.2) is 4.79 Å². The number of hydrogen-bond donors (Lipinski definition) is 0. The molecule has 1 aliphatic heterocycles. The van der Waals surface area contributed by atoms with Crippen LogP contribution in [0.2, 0.25) is 0 Å². The molecule has 0 atom stereocenters. The van der Waals surface area contributed by atoms with Gasteiger partial charge in [-0.05, 0) is 54.7 Å². The van der Waals surface area contributed by atoms with E-state index in [9.17, 15) is 4.79 Å². The molecule has 8 heteroatoms. The third-order valence-electron chi connectivity index (χ3n) is 5.23. The van der Waals surface area contributed by atoms with Gasteiger partial charge in [0.1, 0.15) is 18.1 Å². The van der Waals surface area contributed by atoms with Crippen molar-refractivity contribution in [2.24, 2.45) is 5.92 Å². The normalized spacial score (nSPS) is 14.3. The molecule has 1 saturated heterocycles. The van der Waals surface area contributed by atoms with Crippen LogP contribution in [0.5, 0.6) is 11.5 Å². The van der Waals surface area contributed by atoms with Crippen molar-refractivity contribution in [3.63, 3.8) is 0 Å². The van der Waals surface area contributed by atoms with Gasteiger partial charge >= 0.3 is 6.09 Å². The van der Waals surface area contributed by atoms with Gasteiger partial charge in [-0.15, -0.1) is 9.94 Å². The number of carbonyl (C=O) groups excluding carboxylic acids is 1. The van der Waals surface area contributed by atoms with Crippen LogP contribution in [0.1, 0.15) is 18.4 Å². The molecule has 1 aliphatic rings. The molecular weight excluding hydrogens is 396 g/mol. The van der Waals surface area contributed by atoms with E-state index in [2.05, 4.69) is 10.1 Å². The van der Waals surface area contributed by atoms with Crippen molar-refractivity contribution >= 4 is 6.09 Å². The van der Waals surface area contributed by atoms with E-state index in [4.69, 9.17) is 14.3 Å². The Bertz CT molecular complexity index is 924. The topological polar surface area (TPSA) is 78.7 Å². The zero-order valence-electron chi connectivity index (χ0n) is 17.3. The number of hydrogen-bond acceptors (Lipinski definition) is 6. The van der Waals surface area contributed by atoms with Gasteiger partial charge in [-0.3, -0.25) is 4.98 Å². The largest absolute Gasteiger partial charge is 0.493 e. The minimum atomic E-state index is -0.305. The second-order valence-corrected chi connectivity index (χ2v) is 7.43. The summed E-state index contributed by atoms with van der Waals surface area (Å²) >= 11 is 0. The quantitative estimate of drug-likeness (QED) is 0.555. The highest BCUT2D eigenvalue weighted by Gasteiger charge is 2.24. The first-order chi connectivity index (χ1) is 15.3. The van der Waals surface area contributed by atoms with Gasteiger partial charge in [0, 0.05) is 31.9 Å². The number of piperidine rings is 1. The number of rotatable bonds is 8. The first-order valence-electron chi connectivity index (χ1n) is 10.5. The summed E-state index contributed by atoms with van der Waals surface area (Å²) < 4.78 is 11.2.